The van der Waals surface area contributed by atoms with Crippen molar-refractivity contribution in [2.45, 2.75) is 19.4 Å². The minimum Gasteiger partial charge on any atom is -0.366 e. The minimum atomic E-state index is -0.451. The summed E-state index contributed by atoms with van der Waals surface area (Å²) in [5.74, 6) is -0.451. The number of amides is 1. The molecule has 28 heavy (non-hydrogen) atoms. The third-order valence-electron chi connectivity index (χ3n) is 4.53. The maximum atomic E-state index is 12.0. The van der Waals surface area contributed by atoms with Crippen molar-refractivity contribution < 1.29 is 4.79 Å². The van der Waals surface area contributed by atoms with E-state index in [9.17, 15) is 4.79 Å². The number of aromatic nitrogens is 2. The second-order valence-corrected chi connectivity index (χ2v) is 8.26. The van der Waals surface area contributed by atoms with Crippen LogP contribution in [0.5, 0.6) is 0 Å². The Hall–Kier alpha value is -1.70. The lowest BCUT2D eigenvalue weighted by molar-refractivity contribution is 0.100. The van der Waals surface area contributed by atoms with E-state index >= 15 is 0 Å². The predicted octanol–water partition coefficient (Wildman–Crippen LogP) is 4.27. The summed E-state index contributed by atoms with van der Waals surface area (Å²) in [4.78, 5) is 12.0. The fourth-order valence-corrected chi connectivity index (χ4v) is 4.40. The average Bonchev–Trinajstić information content (AvgIpc) is 3.12. The summed E-state index contributed by atoms with van der Waals surface area (Å²) < 4.78 is 0. The summed E-state index contributed by atoms with van der Waals surface area (Å²) in [6.07, 6.45) is 1.47. The van der Waals surface area contributed by atoms with Gasteiger partial charge in [-0.3, -0.25) is 4.79 Å². The maximum Gasteiger partial charge on any atom is 0.249 e. The van der Waals surface area contributed by atoms with Crippen molar-refractivity contribution in [3.8, 4) is 10.6 Å². The van der Waals surface area contributed by atoms with Crippen LogP contribution >= 0.6 is 46.9 Å². The molecule has 2 aromatic carbocycles. The number of fused-ring (bicyclic) bond motifs is 1. The smallest absolute Gasteiger partial charge is 0.249 e. The van der Waals surface area contributed by atoms with Crippen LogP contribution in [-0.2, 0) is 19.4 Å². The van der Waals surface area contributed by atoms with Crippen LogP contribution in [0.4, 0.5) is 0 Å². The molecule has 1 amide bonds. The van der Waals surface area contributed by atoms with Gasteiger partial charge in [-0.15, -0.1) is 22.6 Å². The Morgan fingerprint density at radius 2 is 1.96 bits per heavy atom. The first kappa shape index (κ1) is 21.0. The standard InChI is InChI=1S/C19H16Cl2N4OS.ClH/c20-15-2-1-10(5-16(15)21)6-17-24-25-19(27-17)14-8-12-9-23-4-3-11(12)7-13(14)18(22)26;/h1-2,5,7-8,23H,3-4,6,9H2,(H2,22,26);1H. The number of primary amides is 1. The number of hydrogen-bond acceptors (Lipinski definition) is 5. The van der Waals surface area contributed by atoms with Crippen molar-refractivity contribution in [3.63, 3.8) is 0 Å². The number of nitrogens with one attached hydrogen (secondary N) is 1. The van der Waals surface area contributed by atoms with Crippen LogP contribution in [0, 0.1) is 0 Å². The number of benzene rings is 2. The molecule has 1 aliphatic rings. The molecule has 1 aliphatic heterocycles. The van der Waals surface area contributed by atoms with Crippen molar-refractivity contribution >= 4 is 52.9 Å². The molecule has 3 N–H and O–H groups in total. The van der Waals surface area contributed by atoms with Crippen LogP contribution in [0.3, 0.4) is 0 Å². The highest BCUT2D eigenvalue weighted by Crippen LogP contribution is 2.32. The SMILES string of the molecule is Cl.NC(=O)c1cc2c(cc1-c1nnc(Cc3ccc(Cl)c(Cl)c3)s1)CNCC2. The molecule has 4 rings (SSSR count). The van der Waals surface area contributed by atoms with E-state index < -0.39 is 5.91 Å². The van der Waals surface area contributed by atoms with Gasteiger partial charge in [0, 0.05) is 24.1 Å². The van der Waals surface area contributed by atoms with Crippen LogP contribution in [-0.4, -0.2) is 22.6 Å². The van der Waals surface area contributed by atoms with Crippen LogP contribution in [0.2, 0.25) is 10.0 Å². The van der Waals surface area contributed by atoms with E-state index in [1.165, 1.54) is 16.9 Å². The van der Waals surface area contributed by atoms with Crippen LogP contribution in [0.25, 0.3) is 10.6 Å². The summed E-state index contributed by atoms with van der Waals surface area (Å²) in [5, 5.41) is 14.5. The Morgan fingerprint density at radius 1 is 1.14 bits per heavy atom. The molecule has 0 atom stereocenters. The van der Waals surface area contributed by atoms with E-state index in [-0.39, 0.29) is 12.4 Å². The van der Waals surface area contributed by atoms with Crippen molar-refractivity contribution in [1.82, 2.24) is 15.5 Å². The molecular formula is C19H17Cl3N4OS. The van der Waals surface area contributed by atoms with Crippen LogP contribution in [0.1, 0.15) is 32.1 Å². The molecule has 0 fully saturated rings. The normalized spacial score (nSPS) is 12.9. The monoisotopic (exact) mass is 454 g/mol. The van der Waals surface area contributed by atoms with Gasteiger partial charge in [0.05, 0.1) is 10.0 Å². The molecule has 1 aromatic heterocycles. The molecule has 0 spiro atoms. The number of carbonyl (C=O) groups excluding carboxylic acids is 1. The van der Waals surface area contributed by atoms with Gasteiger partial charge in [0.1, 0.15) is 10.0 Å². The summed E-state index contributed by atoms with van der Waals surface area (Å²) >= 11 is 13.5. The first-order chi connectivity index (χ1) is 13.0. The average molecular weight is 456 g/mol. The fraction of sp³-hybridized carbons (Fsp3) is 0.211. The molecule has 0 aliphatic carbocycles. The zero-order valence-electron chi connectivity index (χ0n) is 14.7. The van der Waals surface area contributed by atoms with Gasteiger partial charge in [-0.1, -0.05) is 40.6 Å². The topological polar surface area (TPSA) is 80.9 Å². The summed E-state index contributed by atoms with van der Waals surface area (Å²) in [6.45, 7) is 1.67. The molecule has 2 heterocycles. The molecule has 5 nitrogen and oxygen atoms in total. The molecule has 3 aromatic rings. The molecule has 0 bridgehead atoms. The van der Waals surface area contributed by atoms with Crippen molar-refractivity contribution in [3.05, 3.63) is 67.6 Å². The third-order valence-corrected chi connectivity index (χ3v) is 6.22. The second kappa shape index (κ2) is 8.76. The van der Waals surface area contributed by atoms with Gasteiger partial charge in [0.25, 0.3) is 0 Å². The molecule has 0 radical (unpaired) electrons. The lowest BCUT2D eigenvalue weighted by atomic mass is 9.94. The van der Waals surface area contributed by atoms with E-state index in [1.807, 2.05) is 24.3 Å². The molecule has 146 valence electrons. The zero-order valence-corrected chi connectivity index (χ0v) is 17.8. The van der Waals surface area contributed by atoms with Crippen molar-refractivity contribution in [2.75, 3.05) is 6.54 Å². The van der Waals surface area contributed by atoms with Gasteiger partial charge in [0.15, 0.2) is 0 Å². The van der Waals surface area contributed by atoms with E-state index in [2.05, 4.69) is 15.5 Å². The van der Waals surface area contributed by atoms with Gasteiger partial charge < -0.3 is 11.1 Å². The first-order valence-corrected chi connectivity index (χ1v) is 10.0. The summed E-state index contributed by atoms with van der Waals surface area (Å²) in [5.41, 5.74) is 10.2. The molecule has 0 unspecified atom stereocenters. The van der Waals surface area contributed by atoms with Crippen LogP contribution in [0.15, 0.2) is 30.3 Å². The molecule has 0 saturated carbocycles. The number of halogens is 3. The number of rotatable bonds is 4. The Bertz CT molecular complexity index is 1040. The number of hydrogen-bond donors (Lipinski definition) is 2. The Labute approximate surface area is 182 Å². The van der Waals surface area contributed by atoms with Gasteiger partial charge in [-0.05, 0) is 53.9 Å². The molecule has 9 heteroatoms. The Morgan fingerprint density at radius 3 is 2.71 bits per heavy atom. The minimum absolute atomic E-state index is 0. The fourth-order valence-electron chi connectivity index (χ4n) is 3.17. The molecule has 0 saturated heterocycles. The highest BCUT2D eigenvalue weighted by atomic mass is 35.5. The largest absolute Gasteiger partial charge is 0.366 e. The highest BCUT2D eigenvalue weighted by Gasteiger charge is 2.19. The first-order valence-electron chi connectivity index (χ1n) is 8.44. The Kier molecular flexibility index (Phi) is 6.58. The zero-order chi connectivity index (χ0) is 19.0. The van der Waals surface area contributed by atoms with Crippen molar-refractivity contribution in [2.24, 2.45) is 5.73 Å². The van der Waals surface area contributed by atoms with E-state index in [4.69, 9.17) is 28.9 Å². The van der Waals surface area contributed by atoms with E-state index in [0.717, 1.165) is 41.2 Å². The highest BCUT2D eigenvalue weighted by molar-refractivity contribution is 7.14. The quantitative estimate of drug-likeness (QED) is 0.615. The van der Waals surface area contributed by atoms with Crippen LogP contribution < -0.4 is 11.1 Å². The molecular weight excluding hydrogens is 439 g/mol. The van der Waals surface area contributed by atoms with Gasteiger partial charge in [-0.25, -0.2) is 0 Å². The number of nitrogens with zero attached hydrogens (tertiary/aromatic N) is 2. The summed E-state index contributed by atoms with van der Waals surface area (Å²) in [6, 6.07) is 9.40. The Balaban J connectivity index is 0.00000225. The third kappa shape index (κ3) is 4.31. The second-order valence-electron chi connectivity index (χ2n) is 6.38. The lowest BCUT2D eigenvalue weighted by Gasteiger charge is -2.19. The van der Waals surface area contributed by atoms with Gasteiger partial charge in [0.2, 0.25) is 5.91 Å². The predicted molar refractivity (Wildman–Crippen MR) is 116 cm³/mol. The van der Waals surface area contributed by atoms with Crippen molar-refractivity contribution in [1.29, 1.82) is 0 Å². The van der Waals surface area contributed by atoms with E-state index in [1.54, 1.807) is 6.07 Å². The van der Waals surface area contributed by atoms with Gasteiger partial charge in [-0.2, -0.15) is 0 Å². The van der Waals surface area contributed by atoms with E-state index in [0.29, 0.717) is 27.0 Å². The number of carbonyl (C=O) groups is 1. The number of nitrogens with two attached hydrogens (primary N) is 1. The maximum absolute atomic E-state index is 12.0. The summed E-state index contributed by atoms with van der Waals surface area (Å²) in [7, 11) is 0. The van der Waals surface area contributed by atoms with Gasteiger partial charge >= 0.3 is 0 Å². The lowest BCUT2D eigenvalue weighted by Crippen LogP contribution is -2.24.